The molecule has 1 atom stereocenters. The number of nitro benzene ring substituents is 1. The number of hydrogen-bond donors (Lipinski definition) is 1. The number of alkyl halides is 3. The summed E-state index contributed by atoms with van der Waals surface area (Å²) in [6.07, 6.45) is 1.16. The molecule has 34 heavy (non-hydrogen) atoms. The molecular weight excluding hydrogens is 453 g/mol. The number of rotatable bonds is 8. The van der Waals surface area contributed by atoms with E-state index in [0.717, 1.165) is 18.9 Å². The van der Waals surface area contributed by atoms with E-state index in [1.54, 1.807) is 12.1 Å². The minimum atomic E-state index is -4.75. The van der Waals surface area contributed by atoms with Crippen LogP contribution < -0.4 is 5.32 Å². The number of anilines is 1. The Morgan fingerprint density at radius 1 is 1.12 bits per heavy atom. The van der Waals surface area contributed by atoms with Gasteiger partial charge in [-0.05, 0) is 43.4 Å². The topological polar surface area (TPSA) is 98.5 Å². The number of nitro groups is 1. The highest BCUT2D eigenvalue weighted by Gasteiger charge is 2.33. The van der Waals surface area contributed by atoms with Crippen molar-refractivity contribution in [1.29, 1.82) is 0 Å². The lowest BCUT2D eigenvalue weighted by Crippen LogP contribution is -2.30. The van der Waals surface area contributed by atoms with Gasteiger partial charge in [0.1, 0.15) is 11.7 Å². The summed E-state index contributed by atoms with van der Waals surface area (Å²) in [6.45, 7) is 0.801. The molecule has 0 bridgehead atoms. The van der Waals surface area contributed by atoms with Gasteiger partial charge in [-0.3, -0.25) is 14.9 Å². The second kappa shape index (κ2) is 10.7. The first kappa shape index (κ1) is 25.2. The third kappa shape index (κ3) is 6.33. The lowest BCUT2D eigenvalue weighted by atomic mass is 9.84. The van der Waals surface area contributed by atoms with E-state index in [4.69, 9.17) is 4.74 Å². The van der Waals surface area contributed by atoms with Gasteiger partial charge in [-0.25, -0.2) is 4.79 Å². The smallest absolute Gasteiger partial charge is 0.416 e. The van der Waals surface area contributed by atoms with Crippen LogP contribution in [0.4, 0.5) is 24.5 Å². The van der Waals surface area contributed by atoms with Crippen LogP contribution in [0, 0.1) is 10.1 Å². The van der Waals surface area contributed by atoms with Crippen LogP contribution in [0.15, 0.2) is 42.5 Å². The van der Waals surface area contributed by atoms with Crippen LogP contribution in [-0.4, -0.2) is 29.3 Å². The quantitative estimate of drug-likeness (QED) is 0.220. The molecule has 2 aromatic carbocycles. The van der Waals surface area contributed by atoms with Gasteiger partial charge in [0, 0.05) is 11.6 Å². The Bertz CT molecular complexity index is 1050. The monoisotopic (exact) mass is 478 g/mol. The summed E-state index contributed by atoms with van der Waals surface area (Å²) in [7, 11) is 0. The molecule has 0 amide bonds. The van der Waals surface area contributed by atoms with Gasteiger partial charge in [-0.1, -0.05) is 43.5 Å². The number of hydrogen-bond acceptors (Lipinski definition) is 6. The number of nitrogens with zero attached hydrogens (tertiary/aromatic N) is 1. The number of carbonyl (C=O) groups is 2. The van der Waals surface area contributed by atoms with Gasteiger partial charge < -0.3 is 10.1 Å². The predicted octanol–water partition coefficient (Wildman–Crippen LogP) is 5.89. The predicted molar refractivity (Wildman–Crippen MR) is 119 cm³/mol. The Balaban J connectivity index is 1.57. The summed E-state index contributed by atoms with van der Waals surface area (Å²) in [4.78, 5) is 34.9. The van der Waals surface area contributed by atoms with Crippen LogP contribution in [-0.2, 0) is 15.7 Å². The van der Waals surface area contributed by atoms with Gasteiger partial charge in [-0.2, -0.15) is 13.2 Å². The zero-order valence-corrected chi connectivity index (χ0v) is 18.6. The normalized spacial score (nSPS) is 15.4. The molecule has 0 spiro atoms. The van der Waals surface area contributed by atoms with Crippen LogP contribution in [0.3, 0.4) is 0 Å². The van der Waals surface area contributed by atoms with Crippen molar-refractivity contribution in [3.8, 4) is 0 Å². The zero-order valence-electron chi connectivity index (χ0n) is 18.6. The molecule has 3 rings (SSSR count). The molecule has 0 radical (unpaired) electrons. The van der Waals surface area contributed by atoms with Crippen molar-refractivity contribution in [3.05, 3.63) is 69.3 Å². The van der Waals surface area contributed by atoms with Crippen molar-refractivity contribution >= 4 is 23.1 Å². The molecule has 182 valence electrons. The highest BCUT2D eigenvalue weighted by molar-refractivity contribution is 5.98. The number of nitrogens with one attached hydrogen (secondary N) is 1. The molecule has 2 aromatic rings. The van der Waals surface area contributed by atoms with Crippen LogP contribution >= 0.6 is 0 Å². The second-order valence-electron chi connectivity index (χ2n) is 8.34. The number of benzene rings is 2. The van der Waals surface area contributed by atoms with E-state index in [9.17, 15) is 32.9 Å². The van der Waals surface area contributed by atoms with Gasteiger partial charge >= 0.3 is 12.1 Å². The molecule has 1 aliphatic carbocycles. The fourth-order valence-corrected chi connectivity index (χ4v) is 4.00. The van der Waals surface area contributed by atoms with Crippen LogP contribution in [0.2, 0.25) is 0 Å². The van der Waals surface area contributed by atoms with Gasteiger partial charge in [0.25, 0.3) is 5.69 Å². The number of halogens is 3. The van der Waals surface area contributed by atoms with Crippen molar-refractivity contribution in [3.63, 3.8) is 0 Å². The van der Waals surface area contributed by atoms with Crippen molar-refractivity contribution in [2.24, 2.45) is 0 Å². The largest absolute Gasteiger partial charge is 0.456 e. The SMILES string of the molecule is CC(Nc1ccc(C(F)(F)F)cc1[N+](=O)[O-])C(=O)OCC(=O)c1ccc(C2CCCCC2)cc1. The van der Waals surface area contributed by atoms with Crippen molar-refractivity contribution in [2.45, 2.75) is 57.2 Å². The van der Waals surface area contributed by atoms with Gasteiger partial charge in [0.05, 0.1) is 10.5 Å². The lowest BCUT2D eigenvalue weighted by Gasteiger charge is -2.22. The Morgan fingerprint density at radius 2 is 1.76 bits per heavy atom. The fraction of sp³-hybridized carbons (Fsp3) is 0.417. The molecule has 1 saturated carbocycles. The highest BCUT2D eigenvalue weighted by Crippen LogP contribution is 2.35. The van der Waals surface area contributed by atoms with E-state index in [-0.39, 0.29) is 5.69 Å². The third-order valence-electron chi connectivity index (χ3n) is 5.90. The molecule has 10 heteroatoms. The molecule has 1 fully saturated rings. The maximum Gasteiger partial charge on any atom is 0.416 e. The molecule has 7 nitrogen and oxygen atoms in total. The van der Waals surface area contributed by atoms with E-state index in [2.05, 4.69) is 5.32 Å². The Morgan fingerprint density at radius 3 is 2.35 bits per heavy atom. The molecule has 0 aromatic heterocycles. The maximum atomic E-state index is 12.8. The lowest BCUT2D eigenvalue weighted by molar-refractivity contribution is -0.384. The van der Waals surface area contributed by atoms with Crippen LogP contribution in [0.5, 0.6) is 0 Å². The summed E-state index contributed by atoms with van der Waals surface area (Å²) >= 11 is 0. The highest BCUT2D eigenvalue weighted by atomic mass is 19.4. The second-order valence-corrected chi connectivity index (χ2v) is 8.34. The first-order chi connectivity index (χ1) is 16.1. The third-order valence-corrected chi connectivity index (χ3v) is 5.90. The van der Waals surface area contributed by atoms with E-state index >= 15 is 0 Å². The minimum Gasteiger partial charge on any atom is -0.456 e. The molecule has 0 saturated heterocycles. The fourth-order valence-electron chi connectivity index (χ4n) is 4.00. The number of ether oxygens (including phenoxy) is 1. The van der Waals surface area contributed by atoms with E-state index < -0.39 is 46.8 Å². The van der Waals surface area contributed by atoms with Crippen LogP contribution in [0.1, 0.15) is 66.4 Å². The first-order valence-corrected chi connectivity index (χ1v) is 11.0. The number of carbonyl (C=O) groups excluding carboxylic acids is 2. The Hall–Kier alpha value is -3.43. The minimum absolute atomic E-state index is 0.271. The molecule has 1 aliphatic rings. The Kier molecular flexibility index (Phi) is 7.90. The van der Waals surface area contributed by atoms with Crippen LogP contribution in [0.25, 0.3) is 0 Å². The molecular formula is C24H25F3N2O5. The van der Waals surface area contributed by atoms with Gasteiger partial charge in [0.15, 0.2) is 12.4 Å². The summed E-state index contributed by atoms with van der Waals surface area (Å²) in [5.41, 5.74) is -0.702. The molecule has 1 N–H and O–H groups in total. The summed E-state index contributed by atoms with van der Waals surface area (Å²) < 4.78 is 43.5. The summed E-state index contributed by atoms with van der Waals surface area (Å²) in [5.74, 6) is -0.783. The van der Waals surface area contributed by atoms with Crippen molar-refractivity contribution in [1.82, 2.24) is 0 Å². The molecule has 0 aliphatic heterocycles. The summed E-state index contributed by atoms with van der Waals surface area (Å²) in [5, 5.41) is 13.7. The molecule has 1 unspecified atom stereocenters. The van der Waals surface area contributed by atoms with E-state index in [0.29, 0.717) is 23.6 Å². The average Bonchev–Trinajstić information content (AvgIpc) is 2.82. The van der Waals surface area contributed by atoms with E-state index in [1.807, 2.05) is 12.1 Å². The van der Waals surface area contributed by atoms with Gasteiger partial charge in [0.2, 0.25) is 0 Å². The average molecular weight is 478 g/mol. The van der Waals surface area contributed by atoms with E-state index in [1.165, 1.54) is 31.7 Å². The number of esters is 1. The van der Waals surface area contributed by atoms with Crippen molar-refractivity contribution in [2.75, 3.05) is 11.9 Å². The van der Waals surface area contributed by atoms with Crippen molar-refractivity contribution < 1.29 is 32.4 Å². The maximum absolute atomic E-state index is 12.8. The number of ketones is 1. The first-order valence-electron chi connectivity index (χ1n) is 11.0. The standard InChI is InChI=1S/C24H25F3N2O5/c1-15(28-20-12-11-19(24(25,26)27)13-21(20)29(32)33)23(31)34-14-22(30)18-9-7-17(8-10-18)16-5-3-2-4-6-16/h7-13,15-16,28H,2-6,14H2,1H3. The zero-order chi connectivity index (χ0) is 24.9. The van der Waals surface area contributed by atoms with Gasteiger partial charge in [-0.15, -0.1) is 0 Å². The Labute approximate surface area is 194 Å². The number of Topliss-reactive ketones (excluding diaryl/α,β-unsaturated/α-hetero) is 1. The molecule has 0 heterocycles. The summed E-state index contributed by atoms with van der Waals surface area (Å²) in [6, 6.07) is 8.04.